The van der Waals surface area contributed by atoms with Crippen LogP contribution in [0.2, 0.25) is 10.0 Å². The highest BCUT2D eigenvalue weighted by Crippen LogP contribution is 2.24. The van der Waals surface area contributed by atoms with E-state index >= 15 is 0 Å². The van der Waals surface area contributed by atoms with Crippen molar-refractivity contribution < 1.29 is 4.79 Å². The van der Waals surface area contributed by atoms with Crippen LogP contribution in [0.5, 0.6) is 0 Å². The second kappa shape index (κ2) is 7.59. The van der Waals surface area contributed by atoms with Gasteiger partial charge in [-0.1, -0.05) is 63.4 Å². The fourth-order valence-electron chi connectivity index (χ4n) is 1.62. The Morgan fingerprint density at radius 3 is 2.62 bits per heavy atom. The molecule has 0 aliphatic heterocycles. The van der Waals surface area contributed by atoms with E-state index in [2.05, 4.69) is 26.5 Å². The first kappa shape index (κ1) is 16.0. The Kier molecular flexibility index (Phi) is 5.79. The van der Waals surface area contributed by atoms with Gasteiger partial charge in [-0.2, -0.15) is 5.10 Å². The fourth-order valence-corrected chi connectivity index (χ4v) is 2.24. The molecule has 6 heteroatoms. The predicted molar refractivity (Wildman–Crippen MR) is 90.0 cm³/mol. The van der Waals surface area contributed by atoms with Crippen LogP contribution >= 0.6 is 39.1 Å². The first-order valence-corrected chi connectivity index (χ1v) is 7.61. The summed E-state index contributed by atoms with van der Waals surface area (Å²) in [7, 11) is 0. The Bertz CT molecular complexity index is 672. The van der Waals surface area contributed by atoms with Gasteiger partial charge in [-0.05, 0) is 23.8 Å². The lowest BCUT2D eigenvalue weighted by atomic mass is 10.1. The molecule has 2 rings (SSSR count). The van der Waals surface area contributed by atoms with E-state index in [9.17, 15) is 4.79 Å². The minimum absolute atomic E-state index is 0.202. The van der Waals surface area contributed by atoms with E-state index < -0.39 is 0 Å². The largest absolute Gasteiger partial charge is 0.273 e. The van der Waals surface area contributed by atoms with Crippen molar-refractivity contribution in [1.82, 2.24) is 5.43 Å². The van der Waals surface area contributed by atoms with Gasteiger partial charge in [0.2, 0.25) is 5.91 Å². The van der Waals surface area contributed by atoms with Crippen molar-refractivity contribution in [3.8, 4) is 0 Å². The van der Waals surface area contributed by atoms with E-state index in [1.54, 1.807) is 18.2 Å². The molecule has 0 radical (unpaired) electrons. The SMILES string of the molecule is O=C(Cc1ccc(Br)cc1)NN=Cc1cccc(Cl)c1Cl. The molecule has 3 nitrogen and oxygen atoms in total. The van der Waals surface area contributed by atoms with Crippen LogP contribution in [0, 0.1) is 0 Å². The molecule has 0 saturated carbocycles. The zero-order valence-electron chi connectivity index (χ0n) is 10.8. The molecule has 1 N–H and O–H groups in total. The first-order chi connectivity index (χ1) is 10.1. The maximum absolute atomic E-state index is 11.7. The summed E-state index contributed by atoms with van der Waals surface area (Å²) in [6, 6.07) is 12.7. The molecule has 2 aromatic rings. The van der Waals surface area contributed by atoms with Crippen molar-refractivity contribution >= 4 is 51.3 Å². The molecule has 1 amide bonds. The molecule has 0 bridgehead atoms. The van der Waals surface area contributed by atoms with Gasteiger partial charge in [-0.25, -0.2) is 5.43 Å². The van der Waals surface area contributed by atoms with E-state index in [1.165, 1.54) is 6.21 Å². The van der Waals surface area contributed by atoms with E-state index in [1.807, 2.05) is 24.3 Å². The van der Waals surface area contributed by atoms with Gasteiger partial charge >= 0.3 is 0 Å². The summed E-state index contributed by atoms with van der Waals surface area (Å²) in [5.41, 5.74) is 4.01. The standard InChI is InChI=1S/C15H11BrCl2N2O/c16-12-6-4-10(5-7-12)8-14(21)20-19-9-11-2-1-3-13(17)15(11)18/h1-7,9H,8H2,(H,20,21). The van der Waals surface area contributed by atoms with Crippen LogP contribution in [0.1, 0.15) is 11.1 Å². The minimum atomic E-state index is -0.202. The first-order valence-electron chi connectivity index (χ1n) is 6.06. The van der Waals surface area contributed by atoms with Gasteiger partial charge in [0.25, 0.3) is 0 Å². The highest BCUT2D eigenvalue weighted by molar-refractivity contribution is 9.10. The van der Waals surface area contributed by atoms with Crippen molar-refractivity contribution in [2.75, 3.05) is 0 Å². The predicted octanol–water partition coefficient (Wildman–Crippen LogP) is 4.45. The Balaban J connectivity index is 1.93. The molecule has 0 aliphatic carbocycles. The molecule has 0 saturated heterocycles. The third-order valence-corrected chi connectivity index (χ3v) is 4.01. The Hall–Kier alpha value is -1.36. The van der Waals surface area contributed by atoms with Crippen LogP contribution in [0.3, 0.4) is 0 Å². The van der Waals surface area contributed by atoms with E-state index in [4.69, 9.17) is 23.2 Å². The van der Waals surface area contributed by atoms with Crippen LogP contribution in [0.15, 0.2) is 52.0 Å². The van der Waals surface area contributed by atoms with Gasteiger partial charge in [-0.3, -0.25) is 4.79 Å². The molecular formula is C15H11BrCl2N2O. The van der Waals surface area contributed by atoms with Crippen LogP contribution in [-0.2, 0) is 11.2 Å². The van der Waals surface area contributed by atoms with Gasteiger partial charge in [0.1, 0.15) is 0 Å². The van der Waals surface area contributed by atoms with E-state index in [0.29, 0.717) is 15.6 Å². The summed E-state index contributed by atoms with van der Waals surface area (Å²) in [6.07, 6.45) is 1.72. The topological polar surface area (TPSA) is 41.5 Å². The van der Waals surface area contributed by atoms with Crippen molar-refractivity contribution in [3.63, 3.8) is 0 Å². The zero-order chi connectivity index (χ0) is 15.2. The smallest absolute Gasteiger partial charge is 0.244 e. The number of carbonyl (C=O) groups is 1. The average molecular weight is 386 g/mol. The monoisotopic (exact) mass is 384 g/mol. The highest BCUT2D eigenvalue weighted by atomic mass is 79.9. The number of benzene rings is 2. The number of hydrazone groups is 1. The quantitative estimate of drug-likeness (QED) is 0.613. The van der Waals surface area contributed by atoms with Gasteiger partial charge in [-0.15, -0.1) is 0 Å². The number of halogens is 3. The Labute approximate surface area is 141 Å². The summed E-state index contributed by atoms with van der Waals surface area (Å²) in [6.45, 7) is 0. The fraction of sp³-hybridized carbons (Fsp3) is 0.0667. The maximum atomic E-state index is 11.7. The van der Waals surface area contributed by atoms with Crippen LogP contribution in [0.4, 0.5) is 0 Å². The van der Waals surface area contributed by atoms with Crippen LogP contribution in [0.25, 0.3) is 0 Å². The van der Waals surface area contributed by atoms with Crippen LogP contribution < -0.4 is 5.43 Å². The van der Waals surface area contributed by atoms with E-state index in [-0.39, 0.29) is 12.3 Å². The van der Waals surface area contributed by atoms with E-state index in [0.717, 1.165) is 10.0 Å². The molecule has 0 atom stereocenters. The van der Waals surface area contributed by atoms with Gasteiger partial charge in [0.15, 0.2) is 0 Å². The lowest BCUT2D eigenvalue weighted by Gasteiger charge is -2.02. The summed E-state index contributed by atoms with van der Waals surface area (Å²) in [4.78, 5) is 11.7. The normalized spacial score (nSPS) is 10.8. The number of nitrogens with zero attached hydrogens (tertiary/aromatic N) is 1. The Morgan fingerprint density at radius 2 is 1.90 bits per heavy atom. The minimum Gasteiger partial charge on any atom is -0.273 e. The van der Waals surface area contributed by atoms with Crippen molar-refractivity contribution in [2.45, 2.75) is 6.42 Å². The number of nitrogens with one attached hydrogen (secondary N) is 1. The summed E-state index contributed by atoms with van der Waals surface area (Å²) < 4.78 is 0.972. The number of rotatable bonds is 4. The molecule has 0 aromatic heterocycles. The van der Waals surface area contributed by atoms with Crippen molar-refractivity contribution in [2.24, 2.45) is 5.10 Å². The molecule has 2 aromatic carbocycles. The second-order valence-electron chi connectivity index (χ2n) is 4.24. The van der Waals surface area contributed by atoms with Crippen LogP contribution in [-0.4, -0.2) is 12.1 Å². The number of hydrogen-bond acceptors (Lipinski definition) is 2. The van der Waals surface area contributed by atoms with Crippen molar-refractivity contribution in [1.29, 1.82) is 0 Å². The maximum Gasteiger partial charge on any atom is 0.244 e. The van der Waals surface area contributed by atoms with Gasteiger partial charge in [0.05, 0.1) is 22.7 Å². The summed E-state index contributed by atoms with van der Waals surface area (Å²) in [5.74, 6) is -0.202. The molecular weight excluding hydrogens is 375 g/mol. The third kappa shape index (κ3) is 4.84. The lowest BCUT2D eigenvalue weighted by Crippen LogP contribution is -2.19. The van der Waals surface area contributed by atoms with Gasteiger partial charge < -0.3 is 0 Å². The molecule has 0 spiro atoms. The Morgan fingerprint density at radius 1 is 1.19 bits per heavy atom. The molecule has 0 unspecified atom stereocenters. The average Bonchev–Trinajstić information content (AvgIpc) is 2.46. The lowest BCUT2D eigenvalue weighted by molar-refractivity contribution is -0.120. The molecule has 0 aliphatic rings. The number of carbonyl (C=O) groups excluding carboxylic acids is 1. The van der Waals surface area contributed by atoms with Gasteiger partial charge in [0, 0.05) is 10.0 Å². The summed E-state index contributed by atoms with van der Waals surface area (Å²) >= 11 is 15.2. The highest BCUT2D eigenvalue weighted by Gasteiger charge is 2.03. The molecule has 0 fully saturated rings. The molecule has 21 heavy (non-hydrogen) atoms. The third-order valence-electron chi connectivity index (χ3n) is 2.65. The summed E-state index contributed by atoms with van der Waals surface area (Å²) in [5, 5.41) is 4.73. The molecule has 0 heterocycles. The zero-order valence-corrected chi connectivity index (χ0v) is 13.9. The number of amides is 1. The molecule has 108 valence electrons. The second-order valence-corrected chi connectivity index (χ2v) is 5.94. The van der Waals surface area contributed by atoms with Crippen molar-refractivity contribution in [3.05, 3.63) is 68.1 Å². The number of hydrogen-bond donors (Lipinski definition) is 1.